The molecule has 0 saturated heterocycles. The third kappa shape index (κ3) is 6.74. The number of aryl methyl sites for hydroxylation is 2. The molecular weight excluding hydrogens is 232 g/mol. The van der Waals surface area contributed by atoms with Crippen LogP contribution in [0.4, 0.5) is 0 Å². The van der Waals surface area contributed by atoms with Crippen molar-refractivity contribution in [1.29, 1.82) is 0 Å². The molecular formula is C17H30N2. The Morgan fingerprint density at radius 3 is 2.26 bits per heavy atom. The van der Waals surface area contributed by atoms with Crippen LogP contribution < -0.4 is 5.32 Å². The summed E-state index contributed by atoms with van der Waals surface area (Å²) in [6, 6.07) is 7.42. The van der Waals surface area contributed by atoms with Gasteiger partial charge in [0.1, 0.15) is 0 Å². The van der Waals surface area contributed by atoms with Crippen molar-refractivity contribution >= 4 is 0 Å². The van der Waals surface area contributed by atoms with Gasteiger partial charge in [0.15, 0.2) is 0 Å². The molecule has 0 spiro atoms. The Morgan fingerprint density at radius 1 is 1.05 bits per heavy atom. The first-order valence-corrected chi connectivity index (χ1v) is 7.47. The van der Waals surface area contributed by atoms with Crippen LogP contribution in [0.3, 0.4) is 0 Å². The number of hydrogen-bond donors (Lipinski definition) is 1. The number of hydrogen-bond acceptors (Lipinski definition) is 2. The molecule has 0 heterocycles. The second kappa shape index (κ2) is 8.34. The Hall–Kier alpha value is -0.860. The summed E-state index contributed by atoms with van der Waals surface area (Å²) >= 11 is 0. The molecule has 0 radical (unpaired) electrons. The zero-order valence-electron chi connectivity index (χ0n) is 13.3. The van der Waals surface area contributed by atoms with Gasteiger partial charge in [-0.15, -0.1) is 0 Å². The Bertz CT molecular complexity index is 351. The van der Waals surface area contributed by atoms with E-state index in [0.29, 0.717) is 6.04 Å². The van der Waals surface area contributed by atoms with Gasteiger partial charge in [0, 0.05) is 12.6 Å². The molecule has 0 aliphatic rings. The van der Waals surface area contributed by atoms with E-state index in [1.807, 2.05) is 0 Å². The lowest BCUT2D eigenvalue weighted by Gasteiger charge is -2.20. The molecule has 0 aromatic heterocycles. The smallest absolute Gasteiger partial charge is 0.0205 e. The van der Waals surface area contributed by atoms with Gasteiger partial charge < -0.3 is 10.2 Å². The van der Waals surface area contributed by atoms with Crippen molar-refractivity contribution in [2.45, 2.75) is 53.1 Å². The lowest BCUT2D eigenvalue weighted by molar-refractivity contribution is 0.268. The van der Waals surface area contributed by atoms with E-state index in [1.54, 1.807) is 0 Å². The third-order valence-corrected chi connectivity index (χ3v) is 3.61. The summed E-state index contributed by atoms with van der Waals surface area (Å²) in [5, 5.41) is 3.54. The molecule has 0 amide bonds. The van der Waals surface area contributed by atoms with Gasteiger partial charge in [0.05, 0.1) is 0 Å². The number of unbranched alkanes of at least 4 members (excludes halogenated alkanes) is 1. The fourth-order valence-corrected chi connectivity index (χ4v) is 2.27. The Balaban J connectivity index is 2.14. The van der Waals surface area contributed by atoms with Crippen LogP contribution in [0, 0.1) is 13.8 Å². The van der Waals surface area contributed by atoms with E-state index in [9.17, 15) is 0 Å². The molecule has 19 heavy (non-hydrogen) atoms. The fourth-order valence-electron chi connectivity index (χ4n) is 2.27. The molecule has 1 aromatic carbocycles. The summed E-state index contributed by atoms with van der Waals surface area (Å²) < 4.78 is 0. The number of benzene rings is 1. The maximum atomic E-state index is 3.54. The molecule has 0 fully saturated rings. The summed E-state index contributed by atoms with van der Waals surface area (Å²) in [6.45, 7) is 12.1. The molecule has 0 bridgehead atoms. The van der Waals surface area contributed by atoms with Crippen LogP contribution in [0.1, 0.15) is 43.4 Å². The molecule has 1 aromatic rings. The summed E-state index contributed by atoms with van der Waals surface area (Å²) in [6.07, 6.45) is 2.52. The van der Waals surface area contributed by atoms with E-state index in [2.05, 4.69) is 63.2 Å². The second-order valence-corrected chi connectivity index (χ2v) is 5.95. The molecule has 108 valence electrons. The summed E-state index contributed by atoms with van der Waals surface area (Å²) in [7, 11) is 2.20. The van der Waals surface area contributed by atoms with Crippen LogP contribution in [0.5, 0.6) is 0 Å². The van der Waals surface area contributed by atoms with Crippen molar-refractivity contribution in [3.05, 3.63) is 34.9 Å². The highest BCUT2D eigenvalue weighted by atomic mass is 15.1. The third-order valence-electron chi connectivity index (χ3n) is 3.61. The molecule has 0 atom stereocenters. The van der Waals surface area contributed by atoms with E-state index in [0.717, 1.165) is 13.1 Å². The topological polar surface area (TPSA) is 15.3 Å². The molecule has 0 saturated carbocycles. The first-order valence-electron chi connectivity index (χ1n) is 7.47. The Labute approximate surface area is 119 Å². The fraction of sp³-hybridized carbons (Fsp3) is 0.647. The molecule has 1 rings (SSSR count). The highest BCUT2D eigenvalue weighted by Gasteiger charge is 2.01. The highest BCUT2D eigenvalue weighted by molar-refractivity contribution is 5.28. The van der Waals surface area contributed by atoms with Gasteiger partial charge in [0.2, 0.25) is 0 Å². The van der Waals surface area contributed by atoms with E-state index >= 15 is 0 Å². The lowest BCUT2D eigenvalue weighted by atomic mass is 10.1. The minimum absolute atomic E-state index is 0.656. The van der Waals surface area contributed by atoms with E-state index in [4.69, 9.17) is 0 Å². The average molecular weight is 262 g/mol. The number of rotatable bonds is 8. The van der Waals surface area contributed by atoms with Gasteiger partial charge in [-0.25, -0.2) is 0 Å². The van der Waals surface area contributed by atoms with Crippen LogP contribution in [-0.2, 0) is 6.54 Å². The van der Waals surface area contributed by atoms with Crippen molar-refractivity contribution in [3.63, 3.8) is 0 Å². The molecule has 0 aliphatic heterocycles. The van der Waals surface area contributed by atoms with E-state index in [1.165, 1.54) is 36.1 Å². The van der Waals surface area contributed by atoms with Gasteiger partial charge in [0.25, 0.3) is 0 Å². The first kappa shape index (κ1) is 16.2. The second-order valence-electron chi connectivity index (χ2n) is 5.95. The summed E-state index contributed by atoms with van der Waals surface area (Å²) in [5.74, 6) is 0. The molecule has 2 nitrogen and oxygen atoms in total. The van der Waals surface area contributed by atoms with Crippen molar-refractivity contribution in [2.24, 2.45) is 0 Å². The van der Waals surface area contributed by atoms with E-state index < -0.39 is 0 Å². The SMILES string of the molecule is Cc1cc(C)cc(CNCCCCN(C)C(C)C)c1. The van der Waals surface area contributed by atoms with Crippen LogP contribution >= 0.6 is 0 Å². The van der Waals surface area contributed by atoms with Crippen LogP contribution in [0.2, 0.25) is 0 Å². The largest absolute Gasteiger partial charge is 0.313 e. The van der Waals surface area contributed by atoms with Crippen molar-refractivity contribution < 1.29 is 0 Å². The van der Waals surface area contributed by atoms with Gasteiger partial charge >= 0.3 is 0 Å². The Morgan fingerprint density at radius 2 is 1.68 bits per heavy atom. The molecule has 2 heteroatoms. The van der Waals surface area contributed by atoms with E-state index in [-0.39, 0.29) is 0 Å². The van der Waals surface area contributed by atoms with Crippen LogP contribution in [-0.4, -0.2) is 31.1 Å². The summed E-state index contributed by atoms with van der Waals surface area (Å²) in [4.78, 5) is 2.41. The van der Waals surface area contributed by atoms with Gasteiger partial charge in [-0.2, -0.15) is 0 Å². The first-order chi connectivity index (χ1) is 8.99. The lowest BCUT2D eigenvalue weighted by Crippen LogP contribution is -2.27. The van der Waals surface area contributed by atoms with Gasteiger partial charge in [-0.05, 0) is 66.2 Å². The van der Waals surface area contributed by atoms with Crippen LogP contribution in [0.15, 0.2) is 18.2 Å². The number of nitrogens with one attached hydrogen (secondary N) is 1. The molecule has 1 N–H and O–H groups in total. The van der Waals surface area contributed by atoms with Crippen molar-refractivity contribution in [2.75, 3.05) is 20.1 Å². The normalized spacial score (nSPS) is 11.5. The minimum atomic E-state index is 0.656. The summed E-state index contributed by atoms with van der Waals surface area (Å²) in [5.41, 5.74) is 4.11. The minimum Gasteiger partial charge on any atom is -0.313 e. The van der Waals surface area contributed by atoms with Gasteiger partial charge in [-0.1, -0.05) is 29.3 Å². The average Bonchev–Trinajstić information content (AvgIpc) is 2.31. The van der Waals surface area contributed by atoms with Crippen LogP contribution in [0.25, 0.3) is 0 Å². The maximum absolute atomic E-state index is 3.54. The number of nitrogens with zero attached hydrogens (tertiary/aromatic N) is 1. The van der Waals surface area contributed by atoms with Crippen molar-refractivity contribution in [1.82, 2.24) is 10.2 Å². The van der Waals surface area contributed by atoms with Gasteiger partial charge in [-0.3, -0.25) is 0 Å². The predicted molar refractivity (Wildman–Crippen MR) is 84.6 cm³/mol. The zero-order chi connectivity index (χ0) is 14.3. The molecule has 0 aliphatic carbocycles. The standard InChI is InChI=1S/C17H30N2/c1-14(2)19(5)9-7-6-8-18-13-17-11-15(3)10-16(4)12-17/h10-12,14,18H,6-9,13H2,1-5H3. The predicted octanol–water partition coefficient (Wildman–Crippen LogP) is 3.51. The Kier molecular flexibility index (Phi) is 7.11. The monoisotopic (exact) mass is 262 g/mol. The molecule has 0 unspecified atom stereocenters. The van der Waals surface area contributed by atoms with Crippen molar-refractivity contribution in [3.8, 4) is 0 Å². The zero-order valence-corrected chi connectivity index (χ0v) is 13.3. The maximum Gasteiger partial charge on any atom is 0.0205 e. The highest BCUT2D eigenvalue weighted by Crippen LogP contribution is 2.08. The quantitative estimate of drug-likeness (QED) is 0.721.